The predicted molar refractivity (Wildman–Crippen MR) is 142 cm³/mol. The second kappa shape index (κ2) is 13.6. The molecule has 1 unspecified atom stereocenters. The van der Waals surface area contributed by atoms with Gasteiger partial charge in [0.1, 0.15) is 12.4 Å². The Morgan fingerprint density at radius 2 is 2.00 bits per heavy atom. The van der Waals surface area contributed by atoms with E-state index in [1.54, 1.807) is 30.8 Å². The molecule has 0 spiro atoms. The normalized spacial score (nSPS) is 16.1. The number of rotatable bonds is 12. The molecule has 3 aromatic rings. The van der Waals surface area contributed by atoms with Crippen LogP contribution in [0.4, 0.5) is 10.1 Å². The minimum Gasteiger partial charge on any atom is -0.494 e. The van der Waals surface area contributed by atoms with Gasteiger partial charge < -0.3 is 23.5 Å². The highest BCUT2D eigenvalue weighted by Crippen LogP contribution is 2.30. The molecule has 198 valence electrons. The molecular formula is C27H32FN3O5S. The number of aromatic nitrogens is 2. The number of benzene rings is 2. The minimum atomic E-state index is -0.482. The lowest BCUT2D eigenvalue weighted by Gasteiger charge is -2.22. The Hall–Kier alpha value is -2.95. The van der Waals surface area contributed by atoms with Crippen LogP contribution in [-0.2, 0) is 9.47 Å². The van der Waals surface area contributed by atoms with Gasteiger partial charge in [0.25, 0.3) is 0 Å². The van der Waals surface area contributed by atoms with Crippen LogP contribution in [0.25, 0.3) is 11.4 Å². The number of thioether (sulfide) groups is 1. The first-order valence-corrected chi connectivity index (χ1v) is 13.8. The first-order valence-electron chi connectivity index (χ1n) is 12.4. The fourth-order valence-corrected chi connectivity index (χ4v) is 4.37. The van der Waals surface area contributed by atoms with Crippen molar-refractivity contribution in [2.75, 3.05) is 38.4 Å². The van der Waals surface area contributed by atoms with Crippen molar-refractivity contribution in [2.24, 2.45) is 4.99 Å². The molecule has 8 nitrogen and oxygen atoms in total. The summed E-state index contributed by atoms with van der Waals surface area (Å²) in [5.41, 5.74) is 2.40. The van der Waals surface area contributed by atoms with Crippen molar-refractivity contribution in [3.63, 3.8) is 0 Å². The van der Waals surface area contributed by atoms with E-state index in [-0.39, 0.29) is 18.6 Å². The van der Waals surface area contributed by atoms with Gasteiger partial charge in [-0.25, -0.2) is 4.39 Å². The van der Waals surface area contributed by atoms with E-state index in [1.807, 2.05) is 37.4 Å². The summed E-state index contributed by atoms with van der Waals surface area (Å²) in [6.45, 7) is 5.26. The lowest BCUT2D eigenvalue weighted by Crippen LogP contribution is -2.24. The molecule has 1 fully saturated rings. The molecule has 1 atom stereocenters. The highest BCUT2D eigenvalue weighted by molar-refractivity contribution is 7.99. The number of hydrogen-bond acceptors (Lipinski definition) is 9. The van der Waals surface area contributed by atoms with Crippen LogP contribution >= 0.6 is 11.8 Å². The van der Waals surface area contributed by atoms with E-state index in [0.29, 0.717) is 60.0 Å². The van der Waals surface area contributed by atoms with Crippen LogP contribution in [0.1, 0.15) is 37.6 Å². The fraction of sp³-hybridized carbons (Fsp3) is 0.444. The first-order chi connectivity index (χ1) is 18.1. The van der Waals surface area contributed by atoms with E-state index >= 15 is 4.39 Å². The molecule has 0 amide bonds. The van der Waals surface area contributed by atoms with Crippen molar-refractivity contribution in [3.05, 3.63) is 53.7 Å². The molecule has 0 radical (unpaired) electrons. The number of ether oxygens (including phenoxy) is 4. The molecule has 1 aliphatic heterocycles. The van der Waals surface area contributed by atoms with Crippen molar-refractivity contribution in [1.29, 1.82) is 0 Å². The molecule has 0 aliphatic carbocycles. The zero-order valence-corrected chi connectivity index (χ0v) is 22.2. The maximum atomic E-state index is 15.7. The Morgan fingerprint density at radius 3 is 2.68 bits per heavy atom. The average Bonchev–Trinajstić information content (AvgIpc) is 3.35. The summed E-state index contributed by atoms with van der Waals surface area (Å²) in [6, 6.07) is 10.6. The van der Waals surface area contributed by atoms with Crippen LogP contribution in [0.3, 0.4) is 0 Å². The summed E-state index contributed by atoms with van der Waals surface area (Å²) in [4.78, 5) is 9.00. The molecule has 1 aliphatic rings. The van der Waals surface area contributed by atoms with Crippen molar-refractivity contribution in [1.82, 2.24) is 10.1 Å². The Bertz CT molecular complexity index is 1180. The standard InChI is InChI=1S/C27H32FN3O5S/c1-4-32-21-15-22(26(28)24(16-21)33-13-14-35-25-7-5-6-12-34-25)23(17-37-3)30-20-10-8-19(9-11-20)27-29-18(2)36-31-27/h8-11,15-16,25H,4-7,12-14,17H2,1-3H3. The third kappa shape index (κ3) is 7.53. The van der Waals surface area contributed by atoms with Gasteiger partial charge in [0.15, 0.2) is 17.9 Å². The van der Waals surface area contributed by atoms with E-state index in [1.165, 1.54) is 0 Å². The maximum Gasteiger partial charge on any atom is 0.223 e. The quantitative estimate of drug-likeness (QED) is 0.209. The predicted octanol–water partition coefficient (Wildman–Crippen LogP) is 5.99. The van der Waals surface area contributed by atoms with Crippen molar-refractivity contribution >= 4 is 23.2 Å². The van der Waals surface area contributed by atoms with Crippen molar-refractivity contribution in [3.8, 4) is 22.9 Å². The Kier molecular flexibility index (Phi) is 9.92. The molecule has 0 saturated carbocycles. The monoisotopic (exact) mass is 529 g/mol. The molecule has 10 heteroatoms. The van der Waals surface area contributed by atoms with Gasteiger partial charge in [-0.2, -0.15) is 16.7 Å². The van der Waals surface area contributed by atoms with Gasteiger partial charge >= 0.3 is 0 Å². The molecule has 2 aromatic carbocycles. The third-order valence-electron chi connectivity index (χ3n) is 5.62. The fourth-order valence-electron chi connectivity index (χ4n) is 3.88. The number of aryl methyl sites for hydroxylation is 1. The molecule has 1 saturated heterocycles. The third-order valence-corrected chi connectivity index (χ3v) is 6.18. The van der Waals surface area contributed by atoms with Gasteiger partial charge in [-0.1, -0.05) is 5.16 Å². The topological polar surface area (TPSA) is 88.2 Å². The lowest BCUT2D eigenvalue weighted by atomic mass is 10.1. The molecule has 0 bridgehead atoms. The zero-order valence-electron chi connectivity index (χ0n) is 21.4. The molecule has 4 rings (SSSR count). The summed E-state index contributed by atoms with van der Waals surface area (Å²) in [6.07, 6.45) is 4.73. The lowest BCUT2D eigenvalue weighted by molar-refractivity contribution is -0.165. The highest BCUT2D eigenvalue weighted by Gasteiger charge is 2.19. The van der Waals surface area contributed by atoms with Gasteiger partial charge in [0.2, 0.25) is 11.7 Å². The Morgan fingerprint density at radius 1 is 1.16 bits per heavy atom. The summed E-state index contributed by atoms with van der Waals surface area (Å²) in [5.74, 6) is 1.64. The van der Waals surface area contributed by atoms with Gasteiger partial charge in [0, 0.05) is 36.5 Å². The second-order valence-electron chi connectivity index (χ2n) is 8.41. The van der Waals surface area contributed by atoms with Gasteiger partial charge in [0.05, 0.1) is 24.6 Å². The van der Waals surface area contributed by atoms with Crippen LogP contribution in [-0.4, -0.2) is 60.6 Å². The first kappa shape index (κ1) is 27.1. The zero-order chi connectivity index (χ0) is 26.0. The van der Waals surface area contributed by atoms with Gasteiger partial charge in [-0.15, -0.1) is 0 Å². The number of hydrogen-bond donors (Lipinski definition) is 0. The number of halogens is 1. The summed E-state index contributed by atoms with van der Waals surface area (Å²) in [5, 5.41) is 3.94. The van der Waals surface area contributed by atoms with E-state index in [4.69, 9.17) is 28.5 Å². The maximum absolute atomic E-state index is 15.7. The largest absolute Gasteiger partial charge is 0.494 e. The summed E-state index contributed by atoms with van der Waals surface area (Å²) < 4.78 is 43.5. The molecule has 37 heavy (non-hydrogen) atoms. The Labute approximate surface area is 220 Å². The summed E-state index contributed by atoms with van der Waals surface area (Å²) >= 11 is 1.55. The van der Waals surface area contributed by atoms with Crippen molar-refractivity contribution in [2.45, 2.75) is 39.4 Å². The summed E-state index contributed by atoms with van der Waals surface area (Å²) in [7, 11) is 0. The van der Waals surface area contributed by atoms with Crippen LogP contribution in [0.15, 0.2) is 45.9 Å². The molecular weight excluding hydrogens is 497 g/mol. The van der Waals surface area contributed by atoms with Crippen molar-refractivity contribution < 1.29 is 27.9 Å². The number of nitrogens with zero attached hydrogens (tertiary/aromatic N) is 3. The van der Waals surface area contributed by atoms with Crippen LogP contribution in [0.2, 0.25) is 0 Å². The number of aliphatic imine (C=N–C) groups is 1. The van der Waals surface area contributed by atoms with Gasteiger partial charge in [-0.05, 0) is 62.8 Å². The van der Waals surface area contributed by atoms with Gasteiger partial charge in [-0.3, -0.25) is 4.99 Å². The SMILES string of the molecule is CCOc1cc(OCCOC2CCCCO2)c(F)c(C(CSC)=Nc2ccc(-c3noc(C)n3)cc2)c1. The van der Waals surface area contributed by atoms with E-state index < -0.39 is 5.82 Å². The van der Waals surface area contributed by atoms with Crippen LogP contribution in [0, 0.1) is 12.7 Å². The van der Waals surface area contributed by atoms with E-state index in [0.717, 1.165) is 24.8 Å². The van der Waals surface area contributed by atoms with E-state index in [9.17, 15) is 0 Å². The average molecular weight is 530 g/mol. The minimum absolute atomic E-state index is 0.103. The molecule has 1 aromatic heterocycles. The Balaban J connectivity index is 1.54. The molecule has 0 N–H and O–H groups in total. The van der Waals surface area contributed by atoms with Crippen LogP contribution in [0.5, 0.6) is 11.5 Å². The highest BCUT2D eigenvalue weighted by atomic mass is 32.2. The molecule has 2 heterocycles. The second-order valence-corrected chi connectivity index (χ2v) is 9.27. The van der Waals surface area contributed by atoms with Crippen LogP contribution < -0.4 is 9.47 Å². The smallest absolute Gasteiger partial charge is 0.223 e. The van der Waals surface area contributed by atoms with E-state index in [2.05, 4.69) is 10.1 Å².